The maximum absolute atomic E-state index is 13.0. The number of rotatable bonds is 3. The first-order valence-electron chi connectivity index (χ1n) is 9.23. The Bertz CT molecular complexity index is 912. The smallest absolute Gasteiger partial charge is 0.257 e. The molecule has 2 aromatic heterocycles. The second-order valence-corrected chi connectivity index (χ2v) is 7.29. The third kappa shape index (κ3) is 3.58. The fourth-order valence-corrected chi connectivity index (χ4v) is 3.75. The summed E-state index contributed by atoms with van der Waals surface area (Å²) in [6, 6.07) is 14.2. The van der Waals surface area contributed by atoms with E-state index in [1.54, 1.807) is 24.8 Å². The first kappa shape index (κ1) is 17.3. The minimum atomic E-state index is -0.0221. The summed E-state index contributed by atoms with van der Waals surface area (Å²) in [4.78, 5) is 27.7. The summed E-state index contributed by atoms with van der Waals surface area (Å²) in [6.07, 6.45) is 8.73. The van der Waals surface area contributed by atoms with Crippen molar-refractivity contribution in [2.75, 3.05) is 13.1 Å². The second-order valence-electron chi connectivity index (χ2n) is 7.29. The molecule has 3 heterocycles. The molecule has 1 amide bonds. The lowest BCUT2D eigenvalue weighted by atomic mass is 9.76. The Labute approximate surface area is 159 Å². The quantitative estimate of drug-likeness (QED) is 0.716. The van der Waals surface area contributed by atoms with Crippen LogP contribution in [0.15, 0.2) is 67.3 Å². The van der Waals surface area contributed by atoms with Crippen molar-refractivity contribution in [3.8, 4) is 11.4 Å². The number of piperidine rings is 1. The fourth-order valence-electron chi connectivity index (χ4n) is 3.75. The standard InChI is InChI=1S/C22H22N4O/c1-22(19-8-3-2-4-9-19)10-6-12-26(16-22)21(27)18-14-24-20(25-15-18)17-7-5-11-23-13-17/h2-5,7-9,11,13-15H,6,10,12,16H2,1H3. The molecule has 5 nitrogen and oxygen atoms in total. The summed E-state index contributed by atoms with van der Waals surface area (Å²) in [7, 11) is 0. The SMILES string of the molecule is CC1(c2ccccc2)CCCN(C(=O)c2cnc(-c3cccnc3)nc2)C1. The molecule has 1 aromatic carbocycles. The van der Waals surface area contributed by atoms with Gasteiger partial charge in [0.05, 0.1) is 5.56 Å². The van der Waals surface area contributed by atoms with Gasteiger partial charge in [-0.2, -0.15) is 0 Å². The van der Waals surface area contributed by atoms with Crippen LogP contribution < -0.4 is 0 Å². The summed E-state index contributed by atoms with van der Waals surface area (Å²) < 4.78 is 0. The average molecular weight is 358 g/mol. The lowest BCUT2D eigenvalue weighted by molar-refractivity contribution is 0.0650. The van der Waals surface area contributed by atoms with E-state index < -0.39 is 0 Å². The van der Waals surface area contributed by atoms with E-state index in [1.165, 1.54) is 5.56 Å². The van der Waals surface area contributed by atoms with Gasteiger partial charge in [0.1, 0.15) is 0 Å². The zero-order chi connectivity index (χ0) is 18.7. The molecule has 0 bridgehead atoms. The number of pyridine rings is 1. The Hall–Kier alpha value is -3.08. The zero-order valence-electron chi connectivity index (χ0n) is 15.4. The van der Waals surface area contributed by atoms with Crippen molar-refractivity contribution in [1.82, 2.24) is 19.9 Å². The molecule has 3 aromatic rings. The number of benzene rings is 1. The van der Waals surface area contributed by atoms with Crippen LogP contribution in [0.4, 0.5) is 0 Å². The van der Waals surface area contributed by atoms with Gasteiger partial charge in [0.15, 0.2) is 5.82 Å². The van der Waals surface area contributed by atoms with Gasteiger partial charge in [-0.1, -0.05) is 37.3 Å². The zero-order valence-corrected chi connectivity index (χ0v) is 15.4. The van der Waals surface area contributed by atoms with Gasteiger partial charge in [-0.05, 0) is 30.5 Å². The molecule has 136 valence electrons. The highest BCUT2D eigenvalue weighted by atomic mass is 16.2. The molecule has 1 unspecified atom stereocenters. The molecule has 1 atom stereocenters. The molecule has 1 fully saturated rings. The van der Waals surface area contributed by atoms with Crippen LogP contribution in [0.3, 0.4) is 0 Å². The van der Waals surface area contributed by atoms with Crippen molar-refractivity contribution in [1.29, 1.82) is 0 Å². The van der Waals surface area contributed by atoms with Crippen molar-refractivity contribution in [2.45, 2.75) is 25.2 Å². The molecule has 0 spiro atoms. The van der Waals surface area contributed by atoms with E-state index in [-0.39, 0.29) is 11.3 Å². The van der Waals surface area contributed by atoms with Gasteiger partial charge in [-0.3, -0.25) is 9.78 Å². The Morgan fingerprint density at radius 2 is 1.81 bits per heavy atom. The highest BCUT2D eigenvalue weighted by Crippen LogP contribution is 2.34. The van der Waals surface area contributed by atoms with E-state index in [2.05, 4.69) is 46.1 Å². The van der Waals surface area contributed by atoms with E-state index >= 15 is 0 Å². The minimum Gasteiger partial charge on any atom is -0.338 e. The number of carbonyl (C=O) groups excluding carboxylic acids is 1. The Morgan fingerprint density at radius 3 is 2.52 bits per heavy atom. The molecule has 0 N–H and O–H groups in total. The number of hydrogen-bond acceptors (Lipinski definition) is 4. The van der Waals surface area contributed by atoms with Crippen LogP contribution in [0.1, 0.15) is 35.7 Å². The maximum Gasteiger partial charge on any atom is 0.257 e. The van der Waals surface area contributed by atoms with E-state index in [9.17, 15) is 4.79 Å². The molecular weight excluding hydrogens is 336 g/mol. The summed E-state index contributed by atoms with van der Waals surface area (Å²) in [5.74, 6) is 0.571. The number of amides is 1. The topological polar surface area (TPSA) is 59.0 Å². The summed E-state index contributed by atoms with van der Waals surface area (Å²) in [6.45, 7) is 3.72. The van der Waals surface area contributed by atoms with Gasteiger partial charge >= 0.3 is 0 Å². The van der Waals surface area contributed by atoms with Crippen LogP contribution in [0.25, 0.3) is 11.4 Å². The molecule has 0 saturated carbocycles. The van der Waals surface area contributed by atoms with Gasteiger partial charge in [-0.15, -0.1) is 0 Å². The molecule has 1 aliphatic heterocycles. The normalized spacial score (nSPS) is 19.7. The monoisotopic (exact) mass is 358 g/mol. The van der Waals surface area contributed by atoms with Gasteiger partial charge in [0.25, 0.3) is 5.91 Å². The molecular formula is C22H22N4O. The van der Waals surface area contributed by atoms with Crippen LogP contribution in [0, 0.1) is 0 Å². The summed E-state index contributed by atoms with van der Waals surface area (Å²) in [5.41, 5.74) is 2.63. The third-order valence-corrected chi connectivity index (χ3v) is 5.27. The van der Waals surface area contributed by atoms with Crippen molar-refractivity contribution in [3.63, 3.8) is 0 Å². The number of nitrogens with zero attached hydrogens (tertiary/aromatic N) is 4. The predicted molar refractivity (Wildman–Crippen MR) is 104 cm³/mol. The van der Waals surface area contributed by atoms with Crippen molar-refractivity contribution in [3.05, 3.63) is 78.4 Å². The third-order valence-electron chi connectivity index (χ3n) is 5.27. The van der Waals surface area contributed by atoms with Gasteiger partial charge in [0, 0.05) is 48.9 Å². The van der Waals surface area contributed by atoms with E-state index in [0.717, 1.165) is 24.9 Å². The number of carbonyl (C=O) groups is 1. The van der Waals surface area contributed by atoms with Crippen LogP contribution in [-0.2, 0) is 5.41 Å². The maximum atomic E-state index is 13.0. The first-order valence-corrected chi connectivity index (χ1v) is 9.23. The van der Waals surface area contributed by atoms with Crippen LogP contribution in [-0.4, -0.2) is 38.8 Å². The highest BCUT2D eigenvalue weighted by Gasteiger charge is 2.34. The second kappa shape index (κ2) is 7.27. The first-order chi connectivity index (χ1) is 13.2. The summed E-state index contributed by atoms with van der Waals surface area (Å²) >= 11 is 0. The van der Waals surface area contributed by atoms with Gasteiger partial charge < -0.3 is 4.90 Å². The Kier molecular flexibility index (Phi) is 4.67. The van der Waals surface area contributed by atoms with Crippen LogP contribution >= 0.6 is 0 Å². The fraction of sp³-hybridized carbons (Fsp3) is 0.273. The molecule has 5 heteroatoms. The predicted octanol–water partition coefficient (Wildman–Crippen LogP) is 3.73. The van der Waals surface area contributed by atoms with Gasteiger partial charge in [-0.25, -0.2) is 9.97 Å². The van der Waals surface area contributed by atoms with Crippen molar-refractivity contribution in [2.24, 2.45) is 0 Å². The molecule has 1 aliphatic rings. The van der Waals surface area contributed by atoms with E-state index in [4.69, 9.17) is 0 Å². The number of aromatic nitrogens is 3. The van der Waals surface area contributed by atoms with Crippen molar-refractivity contribution < 1.29 is 4.79 Å². The largest absolute Gasteiger partial charge is 0.338 e. The van der Waals surface area contributed by atoms with Crippen molar-refractivity contribution >= 4 is 5.91 Å². The van der Waals surface area contributed by atoms with Gasteiger partial charge in [0.2, 0.25) is 0 Å². The molecule has 4 rings (SSSR count). The number of likely N-dealkylation sites (tertiary alicyclic amines) is 1. The average Bonchev–Trinajstić information content (AvgIpc) is 2.75. The molecule has 1 saturated heterocycles. The minimum absolute atomic E-state index is 0.00501. The Balaban J connectivity index is 1.52. The Morgan fingerprint density at radius 1 is 1.04 bits per heavy atom. The lowest BCUT2D eigenvalue weighted by Crippen LogP contribution is -2.47. The highest BCUT2D eigenvalue weighted by molar-refractivity contribution is 5.94. The molecule has 27 heavy (non-hydrogen) atoms. The van der Waals surface area contributed by atoms with Crippen LogP contribution in [0.5, 0.6) is 0 Å². The number of hydrogen-bond donors (Lipinski definition) is 0. The summed E-state index contributed by atoms with van der Waals surface area (Å²) in [5, 5.41) is 0. The molecule has 0 aliphatic carbocycles. The van der Waals surface area contributed by atoms with Crippen LogP contribution in [0.2, 0.25) is 0 Å². The van der Waals surface area contributed by atoms with E-state index in [1.807, 2.05) is 23.1 Å². The molecule has 0 radical (unpaired) electrons. The lowest BCUT2D eigenvalue weighted by Gasteiger charge is -2.41. The van der Waals surface area contributed by atoms with E-state index in [0.29, 0.717) is 17.9 Å².